The van der Waals surface area contributed by atoms with E-state index in [0.717, 1.165) is 12.8 Å². The van der Waals surface area contributed by atoms with E-state index >= 15 is 0 Å². The Bertz CT molecular complexity index is 420. The second-order valence-electron chi connectivity index (χ2n) is 10.1. The van der Waals surface area contributed by atoms with Crippen molar-refractivity contribution in [3.8, 4) is 0 Å². The fourth-order valence-electron chi connectivity index (χ4n) is 3.02. The summed E-state index contributed by atoms with van der Waals surface area (Å²) in [5.41, 5.74) is -0.748. The van der Waals surface area contributed by atoms with Crippen molar-refractivity contribution in [3.63, 3.8) is 0 Å². The Morgan fingerprint density at radius 3 is 1.96 bits per heavy atom. The van der Waals surface area contributed by atoms with E-state index in [-0.39, 0.29) is 29.0 Å². The van der Waals surface area contributed by atoms with Crippen molar-refractivity contribution in [1.82, 2.24) is 0 Å². The van der Waals surface area contributed by atoms with Gasteiger partial charge in [-0.25, -0.2) is 0 Å². The van der Waals surface area contributed by atoms with Crippen molar-refractivity contribution >= 4 is 5.97 Å². The van der Waals surface area contributed by atoms with E-state index in [1.807, 2.05) is 13.8 Å². The van der Waals surface area contributed by atoms with Crippen molar-refractivity contribution in [2.24, 2.45) is 10.8 Å². The van der Waals surface area contributed by atoms with Crippen molar-refractivity contribution in [1.29, 1.82) is 0 Å². The number of aliphatic carboxylic acids is 1. The monoisotopic (exact) mass is 358 g/mol. The summed E-state index contributed by atoms with van der Waals surface area (Å²) in [6.07, 6.45) is 2.73. The fourth-order valence-corrected chi connectivity index (χ4v) is 3.02. The predicted molar refractivity (Wildman–Crippen MR) is 104 cm³/mol. The van der Waals surface area contributed by atoms with Gasteiger partial charge in [0, 0.05) is 6.61 Å². The highest BCUT2D eigenvalue weighted by Gasteiger charge is 2.40. The highest BCUT2D eigenvalue weighted by molar-refractivity contribution is 5.68. The van der Waals surface area contributed by atoms with Gasteiger partial charge in [-0.1, -0.05) is 41.5 Å². The van der Waals surface area contributed by atoms with Crippen molar-refractivity contribution in [2.45, 2.75) is 112 Å². The summed E-state index contributed by atoms with van der Waals surface area (Å²) in [4.78, 5) is 11.0. The number of carboxylic acid groups (broad SMARTS) is 1. The summed E-state index contributed by atoms with van der Waals surface area (Å²) in [5.74, 6) is -0.816. The summed E-state index contributed by atoms with van der Waals surface area (Å²) in [7, 11) is 0. The van der Waals surface area contributed by atoms with Crippen LogP contribution in [0.25, 0.3) is 0 Å². The van der Waals surface area contributed by atoms with E-state index in [0.29, 0.717) is 13.0 Å². The third-order valence-corrected chi connectivity index (χ3v) is 5.48. The molecule has 0 aliphatic carbocycles. The van der Waals surface area contributed by atoms with Gasteiger partial charge in [-0.05, 0) is 57.8 Å². The summed E-state index contributed by atoms with van der Waals surface area (Å²) >= 11 is 0. The molecule has 0 aliphatic rings. The molecule has 150 valence electrons. The molecule has 0 aromatic heterocycles. The molecule has 25 heavy (non-hydrogen) atoms. The summed E-state index contributed by atoms with van der Waals surface area (Å²) in [6, 6.07) is 0. The normalized spacial score (nSPS) is 17.2. The lowest BCUT2D eigenvalue weighted by Crippen LogP contribution is -2.45. The Morgan fingerprint density at radius 2 is 1.56 bits per heavy atom. The molecule has 0 heterocycles. The number of ether oxygens (including phenoxy) is 2. The molecule has 0 radical (unpaired) electrons. The van der Waals surface area contributed by atoms with E-state index in [2.05, 4.69) is 55.4 Å². The predicted octanol–water partition coefficient (Wildman–Crippen LogP) is 5.68. The van der Waals surface area contributed by atoms with Gasteiger partial charge in [0.05, 0.1) is 23.7 Å². The van der Waals surface area contributed by atoms with Crippen LogP contribution in [0.2, 0.25) is 0 Å². The second-order valence-corrected chi connectivity index (χ2v) is 10.1. The van der Waals surface area contributed by atoms with Crippen LogP contribution in [0.5, 0.6) is 0 Å². The first-order chi connectivity index (χ1) is 11.0. The minimum absolute atomic E-state index is 0.0342. The van der Waals surface area contributed by atoms with Crippen LogP contribution in [-0.2, 0) is 14.3 Å². The Morgan fingerprint density at radius 1 is 1.04 bits per heavy atom. The quantitative estimate of drug-likeness (QED) is 0.516. The Labute approximate surface area is 155 Å². The van der Waals surface area contributed by atoms with Crippen LogP contribution in [0.15, 0.2) is 0 Å². The molecule has 0 saturated heterocycles. The van der Waals surface area contributed by atoms with Gasteiger partial charge in [-0.2, -0.15) is 0 Å². The van der Waals surface area contributed by atoms with Crippen LogP contribution < -0.4 is 0 Å². The molecule has 0 aliphatic heterocycles. The zero-order valence-corrected chi connectivity index (χ0v) is 18.3. The van der Waals surface area contributed by atoms with Gasteiger partial charge in [-0.15, -0.1) is 0 Å². The molecule has 4 heteroatoms. The molecule has 0 spiro atoms. The van der Waals surface area contributed by atoms with Crippen LogP contribution in [0, 0.1) is 10.8 Å². The van der Waals surface area contributed by atoms with Gasteiger partial charge < -0.3 is 14.6 Å². The number of hydrogen-bond donors (Lipinski definition) is 1. The minimum Gasteiger partial charge on any atom is -0.481 e. The van der Waals surface area contributed by atoms with Gasteiger partial charge in [-0.3, -0.25) is 4.79 Å². The highest BCUT2D eigenvalue weighted by atomic mass is 16.5. The average Bonchev–Trinajstić information content (AvgIpc) is 2.34. The molecular formula is C21H42O4. The number of carbonyl (C=O) groups is 1. The topological polar surface area (TPSA) is 55.8 Å². The SMILES string of the molecule is CCC(C)(CC(=O)O)OCCC(C)(C)C(C)(C)OC(C)CC(C)(C)C. The smallest absolute Gasteiger partial charge is 0.306 e. The Hall–Kier alpha value is -0.610. The largest absolute Gasteiger partial charge is 0.481 e. The lowest BCUT2D eigenvalue weighted by Gasteiger charge is -2.44. The first-order valence-electron chi connectivity index (χ1n) is 9.57. The zero-order valence-electron chi connectivity index (χ0n) is 18.3. The molecule has 0 saturated carbocycles. The standard InChI is InChI=1S/C21H42O4/c1-11-21(10,15-17(22)23)24-13-12-19(6,7)20(8,9)25-16(2)14-18(3,4)5/h16H,11-15H2,1-10H3,(H,22,23). The Balaban J connectivity index is 4.75. The summed E-state index contributed by atoms with van der Waals surface area (Å²) in [6.45, 7) is 21.9. The molecule has 0 bridgehead atoms. The third kappa shape index (κ3) is 9.05. The molecule has 0 amide bonds. The number of rotatable bonds is 11. The average molecular weight is 359 g/mol. The van der Waals surface area contributed by atoms with Crippen LogP contribution in [-0.4, -0.2) is 35.0 Å². The summed E-state index contributed by atoms with van der Waals surface area (Å²) < 4.78 is 12.4. The minimum atomic E-state index is -0.816. The maximum Gasteiger partial charge on any atom is 0.306 e. The molecule has 2 atom stereocenters. The lowest BCUT2D eigenvalue weighted by atomic mass is 9.74. The maximum absolute atomic E-state index is 11.0. The fraction of sp³-hybridized carbons (Fsp3) is 0.952. The Kier molecular flexibility index (Phi) is 8.64. The summed E-state index contributed by atoms with van der Waals surface area (Å²) in [5, 5.41) is 9.06. The molecule has 0 aromatic rings. The molecule has 0 rings (SSSR count). The molecule has 0 aromatic carbocycles. The molecule has 0 fully saturated rings. The van der Waals surface area contributed by atoms with E-state index < -0.39 is 11.6 Å². The second kappa shape index (κ2) is 8.85. The van der Waals surface area contributed by atoms with Gasteiger partial charge in [0.15, 0.2) is 0 Å². The zero-order chi connectivity index (χ0) is 20.1. The first-order valence-corrected chi connectivity index (χ1v) is 9.57. The maximum atomic E-state index is 11.0. The van der Waals surface area contributed by atoms with Gasteiger partial charge >= 0.3 is 5.97 Å². The van der Waals surface area contributed by atoms with Crippen LogP contribution in [0.3, 0.4) is 0 Å². The van der Waals surface area contributed by atoms with Crippen LogP contribution in [0.4, 0.5) is 0 Å². The molecular weight excluding hydrogens is 316 g/mol. The van der Waals surface area contributed by atoms with Gasteiger partial charge in [0.1, 0.15) is 0 Å². The number of carboxylic acids is 1. The third-order valence-electron chi connectivity index (χ3n) is 5.48. The highest BCUT2D eigenvalue weighted by Crippen LogP contribution is 2.39. The van der Waals surface area contributed by atoms with E-state index in [1.165, 1.54) is 0 Å². The van der Waals surface area contributed by atoms with Gasteiger partial charge in [0.25, 0.3) is 0 Å². The van der Waals surface area contributed by atoms with E-state index in [4.69, 9.17) is 14.6 Å². The number of hydrogen-bond acceptors (Lipinski definition) is 3. The lowest BCUT2D eigenvalue weighted by molar-refractivity contribution is -0.156. The van der Waals surface area contributed by atoms with E-state index in [9.17, 15) is 4.79 Å². The molecule has 1 N–H and O–H groups in total. The van der Waals surface area contributed by atoms with Crippen molar-refractivity contribution < 1.29 is 19.4 Å². The van der Waals surface area contributed by atoms with Gasteiger partial charge in [0.2, 0.25) is 0 Å². The molecule has 4 nitrogen and oxygen atoms in total. The van der Waals surface area contributed by atoms with E-state index in [1.54, 1.807) is 0 Å². The van der Waals surface area contributed by atoms with Crippen molar-refractivity contribution in [3.05, 3.63) is 0 Å². The first kappa shape index (κ1) is 24.4. The van der Waals surface area contributed by atoms with Crippen LogP contribution in [0.1, 0.15) is 94.9 Å². The van der Waals surface area contributed by atoms with Crippen LogP contribution >= 0.6 is 0 Å². The molecule has 2 unspecified atom stereocenters. The van der Waals surface area contributed by atoms with Crippen molar-refractivity contribution in [2.75, 3.05) is 6.61 Å².